The van der Waals surface area contributed by atoms with E-state index < -0.39 is 6.29 Å². The van der Waals surface area contributed by atoms with Crippen molar-refractivity contribution in [3.63, 3.8) is 0 Å². The highest BCUT2D eigenvalue weighted by molar-refractivity contribution is 5.91. The van der Waals surface area contributed by atoms with Crippen LogP contribution in [-0.4, -0.2) is 29.4 Å². The predicted molar refractivity (Wildman–Crippen MR) is 63.2 cm³/mol. The highest BCUT2D eigenvalue weighted by atomic mass is 16.6. The van der Waals surface area contributed by atoms with E-state index in [2.05, 4.69) is 0 Å². The zero-order valence-electron chi connectivity index (χ0n) is 9.92. The Morgan fingerprint density at radius 3 is 2.89 bits per heavy atom. The lowest BCUT2D eigenvalue weighted by Crippen LogP contribution is -2.22. The number of carbonyl (C=O) groups excluding carboxylic acids is 1. The summed E-state index contributed by atoms with van der Waals surface area (Å²) in [7, 11) is 1.50. The molecule has 0 saturated carbocycles. The van der Waals surface area contributed by atoms with Gasteiger partial charge in [0.2, 0.25) is 6.29 Å². The lowest BCUT2D eigenvalue weighted by atomic mass is 10.1. The summed E-state index contributed by atoms with van der Waals surface area (Å²) >= 11 is 0. The number of hydrogen-bond donors (Lipinski definition) is 2. The normalized spacial score (nSPS) is 19.1. The van der Waals surface area contributed by atoms with Gasteiger partial charge in [0.1, 0.15) is 17.3 Å². The Balaban J connectivity index is 2.18. The number of rotatable bonds is 3. The Hall–Kier alpha value is -2.01. The fourth-order valence-electron chi connectivity index (χ4n) is 1.82. The van der Waals surface area contributed by atoms with Gasteiger partial charge in [0.25, 0.3) is 0 Å². The molecule has 0 radical (unpaired) electrons. The van der Waals surface area contributed by atoms with Crippen LogP contribution in [0, 0.1) is 0 Å². The van der Waals surface area contributed by atoms with Crippen LogP contribution in [0.2, 0.25) is 0 Å². The standard InChI is InChI=1S/C13H14O5/c1-17-11-3-8(2-9(14)5-11)4-12-6-10(15)7-13(16)18-12/h2-3,5-6,13-14,16H,4,7H2,1H3. The third-order valence-corrected chi connectivity index (χ3v) is 2.55. The van der Waals surface area contributed by atoms with Gasteiger partial charge in [-0.05, 0) is 17.7 Å². The van der Waals surface area contributed by atoms with Crippen molar-refractivity contribution in [2.24, 2.45) is 0 Å². The van der Waals surface area contributed by atoms with E-state index in [4.69, 9.17) is 9.47 Å². The molecule has 2 rings (SSSR count). The second-order valence-electron chi connectivity index (χ2n) is 4.07. The molecule has 1 aromatic carbocycles. The van der Waals surface area contributed by atoms with Crippen LogP contribution in [0.5, 0.6) is 11.5 Å². The molecule has 96 valence electrons. The largest absolute Gasteiger partial charge is 0.508 e. The number of ether oxygens (including phenoxy) is 2. The van der Waals surface area contributed by atoms with E-state index >= 15 is 0 Å². The highest BCUT2D eigenvalue weighted by Gasteiger charge is 2.19. The van der Waals surface area contributed by atoms with Crippen LogP contribution < -0.4 is 4.74 Å². The fourth-order valence-corrected chi connectivity index (χ4v) is 1.82. The van der Waals surface area contributed by atoms with Gasteiger partial charge in [-0.15, -0.1) is 0 Å². The smallest absolute Gasteiger partial charge is 0.204 e. The summed E-state index contributed by atoms with van der Waals surface area (Å²) in [5.41, 5.74) is 0.736. The van der Waals surface area contributed by atoms with E-state index in [0.717, 1.165) is 5.56 Å². The molecule has 1 unspecified atom stereocenters. The Labute approximate surface area is 104 Å². The van der Waals surface area contributed by atoms with E-state index in [-0.39, 0.29) is 18.0 Å². The summed E-state index contributed by atoms with van der Waals surface area (Å²) in [5, 5.41) is 18.8. The van der Waals surface area contributed by atoms with Crippen molar-refractivity contribution in [1.29, 1.82) is 0 Å². The van der Waals surface area contributed by atoms with Crippen molar-refractivity contribution in [3.8, 4) is 11.5 Å². The third kappa shape index (κ3) is 3.01. The first-order valence-corrected chi connectivity index (χ1v) is 5.52. The molecule has 5 nitrogen and oxygen atoms in total. The van der Waals surface area contributed by atoms with Crippen LogP contribution in [0.4, 0.5) is 0 Å². The van der Waals surface area contributed by atoms with Gasteiger partial charge in [0.15, 0.2) is 5.78 Å². The van der Waals surface area contributed by atoms with Crippen molar-refractivity contribution in [2.45, 2.75) is 19.1 Å². The van der Waals surface area contributed by atoms with Gasteiger partial charge < -0.3 is 19.7 Å². The number of ketones is 1. The van der Waals surface area contributed by atoms with Crippen LogP contribution in [-0.2, 0) is 16.0 Å². The Morgan fingerprint density at radius 2 is 2.22 bits per heavy atom. The fraction of sp³-hybridized carbons (Fsp3) is 0.308. The molecule has 2 N–H and O–H groups in total. The van der Waals surface area contributed by atoms with Gasteiger partial charge in [-0.25, -0.2) is 0 Å². The van der Waals surface area contributed by atoms with Gasteiger partial charge >= 0.3 is 0 Å². The van der Waals surface area contributed by atoms with Crippen LogP contribution in [0.15, 0.2) is 30.0 Å². The molecule has 1 aliphatic rings. The molecular formula is C13H14O5. The molecule has 1 aliphatic heterocycles. The summed E-state index contributed by atoms with van der Waals surface area (Å²) < 4.78 is 10.2. The van der Waals surface area contributed by atoms with Crippen molar-refractivity contribution >= 4 is 5.78 Å². The second kappa shape index (κ2) is 5.10. The quantitative estimate of drug-likeness (QED) is 0.841. The number of phenolic OH excluding ortho intramolecular Hbond substituents is 1. The number of hydrogen-bond acceptors (Lipinski definition) is 5. The van der Waals surface area contributed by atoms with E-state index in [1.807, 2.05) is 0 Å². The molecule has 1 aromatic rings. The molecule has 0 amide bonds. The van der Waals surface area contributed by atoms with E-state index in [1.54, 1.807) is 12.1 Å². The molecule has 0 fully saturated rings. The molecule has 1 heterocycles. The van der Waals surface area contributed by atoms with Crippen molar-refractivity contribution in [1.82, 2.24) is 0 Å². The van der Waals surface area contributed by atoms with E-state index in [9.17, 15) is 15.0 Å². The summed E-state index contributed by atoms with van der Waals surface area (Å²) in [6.45, 7) is 0. The van der Waals surface area contributed by atoms with Crippen LogP contribution in [0.1, 0.15) is 12.0 Å². The average Bonchev–Trinajstić information content (AvgIpc) is 2.26. The maximum atomic E-state index is 11.3. The Morgan fingerprint density at radius 1 is 1.44 bits per heavy atom. The predicted octanol–water partition coefficient (Wildman–Crippen LogP) is 1.13. The third-order valence-electron chi connectivity index (χ3n) is 2.55. The lowest BCUT2D eigenvalue weighted by molar-refractivity contribution is -0.130. The average molecular weight is 250 g/mol. The molecule has 0 spiro atoms. The van der Waals surface area contributed by atoms with Gasteiger partial charge in [-0.1, -0.05) is 0 Å². The summed E-state index contributed by atoms with van der Waals surface area (Å²) in [6, 6.07) is 4.77. The highest BCUT2D eigenvalue weighted by Crippen LogP contribution is 2.25. The Kier molecular flexibility index (Phi) is 3.53. The van der Waals surface area contributed by atoms with E-state index in [1.165, 1.54) is 19.3 Å². The first kappa shape index (κ1) is 12.4. The topological polar surface area (TPSA) is 76.0 Å². The summed E-state index contributed by atoms with van der Waals surface area (Å²) in [4.78, 5) is 11.3. The van der Waals surface area contributed by atoms with Gasteiger partial charge in [0, 0.05) is 18.6 Å². The minimum absolute atomic E-state index is 0.0210. The van der Waals surface area contributed by atoms with E-state index in [0.29, 0.717) is 17.9 Å². The van der Waals surface area contributed by atoms with Crippen LogP contribution in [0.3, 0.4) is 0 Å². The second-order valence-corrected chi connectivity index (χ2v) is 4.07. The minimum atomic E-state index is -1.09. The number of aliphatic hydroxyl groups is 1. The molecule has 18 heavy (non-hydrogen) atoms. The number of carbonyl (C=O) groups is 1. The molecule has 0 saturated heterocycles. The van der Waals surface area contributed by atoms with Crippen molar-refractivity contribution in [3.05, 3.63) is 35.6 Å². The number of allylic oxidation sites excluding steroid dienone is 2. The van der Waals surface area contributed by atoms with Crippen molar-refractivity contribution < 1.29 is 24.5 Å². The van der Waals surface area contributed by atoms with Gasteiger partial charge in [0.05, 0.1) is 13.5 Å². The maximum absolute atomic E-state index is 11.3. The molecule has 5 heteroatoms. The molecule has 0 aromatic heterocycles. The number of benzene rings is 1. The maximum Gasteiger partial charge on any atom is 0.204 e. The molecular weight excluding hydrogens is 236 g/mol. The molecule has 0 aliphatic carbocycles. The zero-order valence-corrected chi connectivity index (χ0v) is 9.92. The van der Waals surface area contributed by atoms with Crippen molar-refractivity contribution in [2.75, 3.05) is 7.11 Å². The number of phenols is 1. The lowest BCUT2D eigenvalue weighted by Gasteiger charge is -2.19. The molecule has 0 bridgehead atoms. The number of methoxy groups -OCH3 is 1. The SMILES string of the molecule is COc1cc(O)cc(CC2=CC(=O)CC(O)O2)c1. The monoisotopic (exact) mass is 250 g/mol. The first-order valence-electron chi connectivity index (χ1n) is 5.52. The summed E-state index contributed by atoms with van der Waals surface area (Å²) in [5.74, 6) is 0.809. The first-order chi connectivity index (χ1) is 8.56. The summed E-state index contributed by atoms with van der Waals surface area (Å²) in [6.07, 6.45) is 0.570. The van der Waals surface area contributed by atoms with Gasteiger partial charge in [-0.3, -0.25) is 4.79 Å². The van der Waals surface area contributed by atoms with Crippen LogP contribution in [0.25, 0.3) is 0 Å². The Bertz CT molecular complexity index is 492. The zero-order chi connectivity index (χ0) is 13.1. The van der Waals surface area contributed by atoms with Crippen LogP contribution >= 0.6 is 0 Å². The van der Waals surface area contributed by atoms with Gasteiger partial charge in [-0.2, -0.15) is 0 Å². The minimum Gasteiger partial charge on any atom is -0.508 e. The number of aromatic hydroxyl groups is 1. The number of aliphatic hydroxyl groups excluding tert-OH is 1. The molecule has 1 atom stereocenters.